The molecule has 36 heavy (non-hydrogen) atoms. The van der Waals surface area contributed by atoms with E-state index in [1.807, 2.05) is 36.4 Å². The minimum atomic E-state index is -1.57. The first kappa shape index (κ1) is 24.3. The average molecular weight is 504 g/mol. The SMILES string of the molecule is Cc1cc(OCC2(C)COC2)cc(C)c1-c1cccc(COc2ccc(-c3cc(O)n[s+]3[O-])cc2)c1. The molecule has 186 valence electrons. The van der Waals surface area contributed by atoms with Crippen LogP contribution in [0.3, 0.4) is 0 Å². The summed E-state index contributed by atoms with van der Waals surface area (Å²) >= 11 is 0. The van der Waals surface area contributed by atoms with Gasteiger partial charge in [0.1, 0.15) is 18.1 Å². The maximum Gasteiger partial charge on any atom is 0.270 e. The molecule has 0 radical (unpaired) electrons. The number of aromatic nitrogens is 1. The van der Waals surface area contributed by atoms with Crippen LogP contribution in [-0.2, 0) is 11.3 Å². The molecule has 1 saturated heterocycles. The van der Waals surface area contributed by atoms with Crippen LogP contribution in [0.4, 0.5) is 0 Å². The van der Waals surface area contributed by atoms with Gasteiger partial charge in [-0.2, -0.15) is 0 Å². The maximum atomic E-state index is 11.9. The summed E-state index contributed by atoms with van der Waals surface area (Å²) in [5, 5.41) is 9.46. The molecule has 1 aliphatic heterocycles. The van der Waals surface area contributed by atoms with Crippen molar-refractivity contribution in [3.63, 3.8) is 0 Å². The highest BCUT2D eigenvalue weighted by Crippen LogP contribution is 2.35. The molecule has 3 aromatic carbocycles. The van der Waals surface area contributed by atoms with Crippen LogP contribution in [0.25, 0.3) is 21.6 Å². The van der Waals surface area contributed by atoms with Gasteiger partial charge < -0.3 is 23.9 Å². The van der Waals surface area contributed by atoms with Gasteiger partial charge in [0.05, 0.1) is 36.8 Å². The molecule has 0 bridgehead atoms. The fraction of sp³-hybridized carbons (Fsp3) is 0.276. The van der Waals surface area contributed by atoms with Crippen LogP contribution in [0.15, 0.2) is 66.7 Å². The lowest BCUT2D eigenvalue weighted by molar-refractivity contribution is -0.120. The molecule has 2 heterocycles. The molecule has 5 rings (SSSR count). The number of benzene rings is 3. The molecular weight excluding hydrogens is 474 g/mol. The minimum Gasteiger partial charge on any atom is -0.568 e. The predicted octanol–water partition coefficient (Wildman–Crippen LogP) is 6.46. The second-order valence-electron chi connectivity index (χ2n) is 9.74. The lowest BCUT2D eigenvalue weighted by Crippen LogP contribution is -2.44. The summed E-state index contributed by atoms with van der Waals surface area (Å²) in [4.78, 5) is 0.486. The van der Waals surface area contributed by atoms with Crippen molar-refractivity contribution in [2.24, 2.45) is 5.41 Å². The van der Waals surface area contributed by atoms with Crippen LogP contribution in [0.5, 0.6) is 17.4 Å². The molecule has 1 fully saturated rings. The van der Waals surface area contributed by atoms with Crippen molar-refractivity contribution in [3.05, 3.63) is 83.4 Å². The molecule has 1 atom stereocenters. The molecule has 7 heteroatoms. The molecule has 4 aromatic rings. The highest BCUT2D eigenvalue weighted by Gasteiger charge is 2.34. The van der Waals surface area contributed by atoms with Gasteiger partial charge in [0.2, 0.25) is 4.88 Å². The molecule has 0 saturated carbocycles. The maximum absolute atomic E-state index is 11.9. The number of aromatic hydroxyl groups is 1. The van der Waals surface area contributed by atoms with Gasteiger partial charge in [-0.1, -0.05) is 25.1 Å². The van der Waals surface area contributed by atoms with Crippen LogP contribution in [0, 0.1) is 19.3 Å². The molecule has 0 spiro atoms. The van der Waals surface area contributed by atoms with Gasteiger partial charge in [-0.05, 0) is 84.1 Å². The topological polar surface area (TPSA) is 83.9 Å². The van der Waals surface area contributed by atoms with Crippen LogP contribution in [0.1, 0.15) is 23.6 Å². The van der Waals surface area contributed by atoms with Gasteiger partial charge in [-0.3, -0.25) is 0 Å². The molecule has 6 nitrogen and oxygen atoms in total. The van der Waals surface area contributed by atoms with Gasteiger partial charge in [0.25, 0.3) is 5.88 Å². The first-order chi connectivity index (χ1) is 17.3. The Morgan fingerprint density at radius 3 is 2.28 bits per heavy atom. The van der Waals surface area contributed by atoms with E-state index in [4.69, 9.17) is 14.2 Å². The summed E-state index contributed by atoms with van der Waals surface area (Å²) in [5.74, 6) is 1.39. The monoisotopic (exact) mass is 503 g/mol. The summed E-state index contributed by atoms with van der Waals surface area (Å²) in [7, 11) is -1.57. The Morgan fingerprint density at radius 2 is 1.67 bits per heavy atom. The van der Waals surface area contributed by atoms with E-state index in [2.05, 4.69) is 49.4 Å². The Balaban J connectivity index is 1.26. The van der Waals surface area contributed by atoms with Gasteiger partial charge in [-0.15, -0.1) is 0 Å². The highest BCUT2D eigenvalue weighted by atomic mass is 32.2. The third-order valence-electron chi connectivity index (χ3n) is 6.38. The van der Waals surface area contributed by atoms with E-state index >= 15 is 0 Å². The number of nitrogens with zero attached hydrogens (tertiary/aromatic N) is 1. The zero-order chi connectivity index (χ0) is 25.3. The van der Waals surface area contributed by atoms with E-state index in [1.165, 1.54) is 22.8 Å². The smallest absolute Gasteiger partial charge is 0.270 e. The number of aryl methyl sites for hydroxylation is 2. The Morgan fingerprint density at radius 1 is 0.944 bits per heavy atom. The highest BCUT2D eigenvalue weighted by molar-refractivity contribution is 7.23. The Bertz CT molecular complexity index is 1350. The lowest BCUT2D eigenvalue weighted by Gasteiger charge is -2.37. The van der Waals surface area contributed by atoms with E-state index in [-0.39, 0.29) is 11.3 Å². The molecule has 0 aliphatic carbocycles. The number of rotatable bonds is 8. The number of ether oxygens (including phenoxy) is 3. The van der Waals surface area contributed by atoms with Crippen molar-refractivity contribution >= 4 is 10.9 Å². The van der Waals surface area contributed by atoms with Gasteiger partial charge in [0, 0.05) is 15.4 Å². The molecule has 0 amide bonds. The van der Waals surface area contributed by atoms with Crippen molar-refractivity contribution in [2.45, 2.75) is 27.4 Å². The van der Waals surface area contributed by atoms with Crippen molar-refractivity contribution in [1.82, 2.24) is 4.37 Å². The van der Waals surface area contributed by atoms with E-state index in [0.717, 1.165) is 35.7 Å². The van der Waals surface area contributed by atoms with Crippen molar-refractivity contribution in [3.8, 4) is 38.9 Å². The molecule has 1 aliphatic rings. The zero-order valence-corrected chi connectivity index (χ0v) is 21.4. The van der Waals surface area contributed by atoms with E-state index in [9.17, 15) is 9.66 Å². The molecule has 1 aromatic heterocycles. The Labute approximate surface area is 214 Å². The molecule has 1 unspecified atom stereocenters. The molecule has 1 N–H and O–H groups in total. The second-order valence-corrected chi connectivity index (χ2v) is 10.9. The van der Waals surface area contributed by atoms with Gasteiger partial charge in [-0.25, -0.2) is 0 Å². The van der Waals surface area contributed by atoms with E-state index in [0.29, 0.717) is 23.8 Å². The van der Waals surface area contributed by atoms with E-state index < -0.39 is 10.9 Å². The van der Waals surface area contributed by atoms with E-state index in [1.54, 1.807) is 0 Å². The first-order valence-corrected chi connectivity index (χ1v) is 13.0. The van der Waals surface area contributed by atoms with Crippen molar-refractivity contribution in [1.29, 1.82) is 0 Å². The normalized spacial score (nSPS) is 14.8. The predicted molar refractivity (Wildman–Crippen MR) is 140 cm³/mol. The van der Waals surface area contributed by atoms with Crippen LogP contribution in [-0.4, -0.2) is 33.9 Å². The summed E-state index contributed by atoms with van der Waals surface area (Å²) in [6.45, 7) is 9.00. The average Bonchev–Trinajstić information content (AvgIpc) is 3.18. The summed E-state index contributed by atoms with van der Waals surface area (Å²) in [6, 6.07) is 21.3. The third-order valence-corrected chi connectivity index (χ3v) is 7.46. The van der Waals surface area contributed by atoms with Crippen LogP contribution in [0.2, 0.25) is 0 Å². The Kier molecular flexibility index (Phi) is 6.71. The standard InChI is InChI=1S/C29H29NO5S/c1-19-11-25(35-18-29(3)16-33-17-29)12-20(2)28(19)23-6-4-5-21(13-23)15-34-24-9-7-22(8-10-24)26-14-27(31)30-36(26)32/h4-14H,15-18H2,1-3H3,(H,30,31). The van der Waals surface area contributed by atoms with Gasteiger partial charge in [0.15, 0.2) is 0 Å². The van der Waals surface area contributed by atoms with Crippen molar-refractivity contribution < 1.29 is 23.9 Å². The lowest BCUT2D eigenvalue weighted by atomic mass is 9.90. The fourth-order valence-electron chi connectivity index (χ4n) is 4.46. The summed E-state index contributed by atoms with van der Waals surface area (Å²) < 4.78 is 33.0. The second kappa shape index (κ2) is 9.93. The largest absolute Gasteiger partial charge is 0.568 e. The van der Waals surface area contributed by atoms with Crippen LogP contribution >= 0.6 is 10.9 Å². The fourth-order valence-corrected chi connectivity index (χ4v) is 5.33. The number of hydrogen-bond acceptors (Lipinski definition) is 6. The Hall–Kier alpha value is -3.39. The summed E-state index contributed by atoms with van der Waals surface area (Å²) in [5.41, 5.74) is 6.59. The summed E-state index contributed by atoms with van der Waals surface area (Å²) in [6.07, 6.45) is 0. The minimum absolute atomic E-state index is 0.110. The van der Waals surface area contributed by atoms with Gasteiger partial charge >= 0.3 is 0 Å². The number of hydrogen-bond donors (Lipinski definition) is 1. The zero-order valence-electron chi connectivity index (χ0n) is 20.6. The molecular formula is C29H29NO5S. The van der Waals surface area contributed by atoms with Crippen LogP contribution < -0.4 is 9.47 Å². The third kappa shape index (κ3) is 5.23. The van der Waals surface area contributed by atoms with Crippen molar-refractivity contribution in [2.75, 3.05) is 19.8 Å². The first-order valence-electron chi connectivity index (χ1n) is 11.9. The quantitative estimate of drug-likeness (QED) is 0.278.